The Bertz CT molecular complexity index is 586. The van der Waals surface area contributed by atoms with Gasteiger partial charge in [0.25, 0.3) is 5.82 Å². The summed E-state index contributed by atoms with van der Waals surface area (Å²) in [6.07, 6.45) is 1.68. The van der Waals surface area contributed by atoms with E-state index in [9.17, 15) is 4.79 Å². The predicted octanol–water partition coefficient (Wildman–Crippen LogP) is 1.15. The molecule has 100 valence electrons. The van der Waals surface area contributed by atoms with Crippen LogP contribution in [0.25, 0.3) is 11.5 Å². The lowest BCUT2D eigenvalue weighted by molar-refractivity contribution is -0.788. The predicted molar refractivity (Wildman–Crippen MR) is 70.5 cm³/mol. The van der Waals surface area contributed by atoms with Crippen molar-refractivity contribution in [2.75, 3.05) is 0 Å². The zero-order chi connectivity index (χ0) is 14.0. The van der Waals surface area contributed by atoms with Crippen LogP contribution < -0.4 is 10.4 Å². The Morgan fingerprint density at radius 1 is 1.21 bits per heavy atom. The minimum Gasteiger partial charge on any atom is -0.253 e. The van der Waals surface area contributed by atoms with Gasteiger partial charge in [0.1, 0.15) is 17.8 Å². The number of pyridine rings is 1. The molecule has 0 saturated heterocycles. The van der Waals surface area contributed by atoms with Gasteiger partial charge in [0.15, 0.2) is 0 Å². The summed E-state index contributed by atoms with van der Waals surface area (Å²) in [5.41, 5.74) is 0.455. The summed E-state index contributed by atoms with van der Waals surface area (Å²) in [5, 5.41) is 8.59. The fourth-order valence-electron chi connectivity index (χ4n) is 1.68. The summed E-state index contributed by atoms with van der Waals surface area (Å²) < 4.78 is 2.88. The number of hydrogen-bond donors (Lipinski definition) is 0. The molecular formula is C13H18N5O+. The molecule has 2 rings (SSSR count). The van der Waals surface area contributed by atoms with Crippen molar-refractivity contribution in [3.8, 4) is 11.5 Å². The van der Waals surface area contributed by atoms with Gasteiger partial charge in [-0.1, -0.05) is 25.6 Å². The minimum atomic E-state index is -0.204. The van der Waals surface area contributed by atoms with E-state index >= 15 is 0 Å². The number of nitrogens with zero attached hydrogens (tertiary/aromatic N) is 5. The van der Waals surface area contributed by atoms with Gasteiger partial charge in [-0.3, -0.25) is 4.98 Å². The van der Waals surface area contributed by atoms with E-state index in [1.54, 1.807) is 6.20 Å². The monoisotopic (exact) mass is 260 g/mol. The highest BCUT2D eigenvalue weighted by Crippen LogP contribution is 2.08. The Morgan fingerprint density at radius 2 is 1.95 bits per heavy atom. The Kier molecular flexibility index (Phi) is 3.69. The van der Waals surface area contributed by atoms with Crippen LogP contribution in [0, 0.1) is 0 Å². The Hall–Kier alpha value is -2.11. The first-order chi connectivity index (χ1) is 9.00. The smallest absolute Gasteiger partial charge is 0.253 e. The van der Waals surface area contributed by atoms with Gasteiger partial charge in [0.05, 0.1) is 0 Å². The van der Waals surface area contributed by atoms with Crippen molar-refractivity contribution < 1.29 is 4.68 Å². The summed E-state index contributed by atoms with van der Waals surface area (Å²) >= 11 is 0. The first kappa shape index (κ1) is 13.3. The molecule has 0 aliphatic carbocycles. The van der Waals surface area contributed by atoms with Gasteiger partial charge in [-0.15, -0.1) is 0 Å². The Balaban J connectivity index is 2.67. The summed E-state index contributed by atoms with van der Waals surface area (Å²) in [5.74, 6) is 0.461. The van der Waals surface area contributed by atoms with Gasteiger partial charge in [-0.25, -0.2) is 0 Å². The second-order valence-corrected chi connectivity index (χ2v) is 4.90. The molecule has 0 bridgehead atoms. The van der Waals surface area contributed by atoms with Crippen molar-refractivity contribution >= 4 is 0 Å². The molecule has 0 fully saturated rings. The number of aromatic nitrogens is 5. The zero-order valence-electron chi connectivity index (χ0n) is 11.6. The molecule has 0 radical (unpaired) electrons. The molecule has 2 aromatic rings. The zero-order valence-corrected chi connectivity index (χ0v) is 11.6. The van der Waals surface area contributed by atoms with E-state index in [1.165, 1.54) is 9.36 Å². The van der Waals surface area contributed by atoms with Crippen molar-refractivity contribution in [1.29, 1.82) is 0 Å². The second kappa shape index (κ2) is 5.26. The molecule has 2 heterocycles. The molecule has 19 heavy (non-hydrogen) atoms. The van der Waals surface area contributed by atoms with Gasteiger partial charge >= 0.3 is 5.69 Å². The quantitative estimate of drug-likeness (QED) is 0.777. The highest BCUT2D eigenvalue weighted by atomic mass is 16.2. The Labute approximate surface area is 111 Å². The van der Waals surface area contributed by atoms with Crippen molar-refractivity contribution in [1.82, 2.24) is 19.9 Å². The molecule has 6 nitrogen and oxygen atoms in total. The molecule has 0 saturated carbocycles. The first-order valence-electron chi connectivity index (χ1n) is 6.34. The SMILES string of the molecule is CC(C)n1nc(-c2ccccn2)n[n+](C(C)C)c1=O. The van der Waals surface area contributed by atoms with Gasteiger partial charge < -0.3 is 0 Å². The Morgan fingerprint density at radius 3 is 2.47 bits per heavy atom. The molecular weight excluding hydrogens is 242 g/mol. The maximum Gasteiger partial charge on any atom is 0.540 e. The number of hydrogen-bond acceptors (Lipinski definition) is 4. The average molecular weight is 260 g/mol. The lowest BCUT2D eigenvalue weighted by Gasteiger charge is -2.07. The molecule has 0 N–H and O–H groups in total. The third-order valence-corrected chi connectivity index (χ3v) is 2.67. The summed E-state index contributed by atoms with van der Waals surface area (Å²) in [6.45, 7) is 7.67. The number of rotatable bonds is 3. The lowest BCUT2D eigenvalue weighted by Crippen LogP contribution is -2.59. The summed E-state index contributed by atoms with van der Waals surface area (Å²) in [6, 6.07) is 5.48. The molecule has 0 aliphatic rings. The van der Waals surface area contributed by atoms with Gasteiger partial charge in [-0.05, 0) is 39.8 Å². The highest BCUT2D eigenvalue weighted by molar-refractivity contribution is 5.45. The van der Waals surface area contributed by atoms with E-state index in [1.807, 2.05) is 45.9 Å². The molecule has 0 aliphatic heterocycles. The molecule has 0 amide bonds. The van der Waals surface area contributed by atoms with E-state index in [4.69, 9.17) is 0 Å². The maximum atomic E-state index is 12.2. The third kappa shape index (κ3) is 2.67. The van der Waals surface area contributed by atoms with Crippen LogP contribution in [-0.4, -0.2) is 19.9 Å². The van der Waals surface area contributed by atoms with E-state index in [2.05, 4.69) is 15.2 Å². The fourth-order valence-corrected chi connectivity index (χ4v) is 1.68. The van der Waals surface area contributed by atoms with Crippen LogP contribution in [-0.2, 0) is 0 Å². The van der Waals surface area contributed by atoms with Crippen LogP contribution in [0.5, 0.6) is 0 Å². The summed E-state index contributed by atoms with van der Waals surface area (Å²) in [4.78, 5) is 16.4. The van der Waals surface area contributed by atoms with Gasteiger partial charge in [0.2, 0.25) is 0 Å². The highest BCUT2D eigenvalue weighted by Gasteiger charge is 2.22. The summed E-state index contributed by atoms with van der Waals surface area (Å²) in [7, 11) is 0. The van der Waals surface area contributed by atoms with E-state index in [0.29, 0.717) is 11.5 Å². The van der Waals surface area contributed by atoms with Crippen LogP contribution in [0.2, 0.25) is 0 Å². The van der Waals surface area contributed by atoms with Crippen molar-refractivity contribution in [2.45, 2.75) is 39.8 Å². The first-order valence-corrected chi connectivity index (χ1v) is 6.34. The molecule has 6 heteroatoms. The van der Waals surface area contributed by atoms with Crippen LogP contribution in [0.15, 0.2) is 29.2 Å². The van der Waals surface area contributed by atoms with Crippen molar-refractivity contribution in [3.05, 3.63) is 34.9 Å². The normalized spacial score (nSPS) is 11.3. The molecule has 0 spiro atoms. The fraction of sp³-hybridized carbons (Fsp3) is 0.462. The molecule has 0 aromatic carbocycles. The lowest BCUT2D eigenvalue weighted by atomic mass is 10.3. The third-order valence-electron chi connectivity index (χ3n) is 2.67. The van der Waals surface area contributed by atoms with Crippen molar-refractivity contribution in [3.63, 3.8) is 0 Å². The largest absolute Gasteiger partial charge is 0.540 e. The average Bonchev–Trinajstić information content (AvgIpc) is 2.39. The molecule has 2 aromatic heterocycles. The second-order valence-electron chi connectivity index (χ2n) is 4.90. The van der Waals surface area contributed by atoms with E-state index < -0.39 is 0 Å². The van der Waals surface area contributed by atoms with Crippen LogP contribution >= 0.6 is 0 Å². The molecule has 0 unspecified atom stereocenters. The van der Waals surface area contributed by atoms with E-state index in [-0.39, 0.29) is 17.8 Å². The standard InChI is InChI=1S/C13H18N5O/c1-9(2)17-13(19)18(10(3)4)16-12(15-17)11-7-5-6-8-14-11/h5-10H,1-4H3/q+1. The molecule has 0 atom stereocenters. The van der Waals surface area contributed by atoms with Crippen LogP contribution in [0.4, 0.5) is 0 Å². The van der Waals surface area contributed by atoms with Gasteiger partial charge in [-0.2, -0.15) is 4.79 Å². The van der Waals surface area contributed by atoms with Crippen LogP contribution in [0.3, 0.4) is 0 Å². The van der Waals surface area contributed by atoms with E-state index in [0.717, 1.165) is 0 Å². The van der Waals surface area contributed by atoms with Crippen LogP contribution in [0.1, 0.15) is 39.8 Å². The van der Waals surface area contributed by atoms with Gasteiger partial charge in [0, 0.05) is 6.20 Å². The topological polar surface area (TPSA) is 64.6 Å². The minimum absolute atomic E-state index is 0.0250. The maximum absolute atomic E-state index is 12.2. The van der Waals surface area contributed by atoms with Crippen molar-refractivity contribution in [2.24, 2.45) is 0 Å².